The normalized spacial score (nSPS) is 23.5. The number of amides is 1. The van der Waals surface area contributed by atoms with Gasteiger partial charge in [-0.3, -0.25) is 4.79 Å². The first-order valence-corrected chi connectivity index (χ1v) is 6.95. The van der Waals surface area contributed by atoms with Crippen LogP contribution < -0.4 is 10.5 Å². The van der Waals surface area contributed by atoms with Crippen molar-refractivity contribution >= 4 is 5.91 Å². The Morgan fingerprint density at radius 2 is 2.11 bits per heavy atom. The monoisotopic (exact) mass is 262 g/mol. The Bertz CT molecular complexity index is 448. The number of likely N-dealkylation sites (N-methyl/N-ethyl adjacent to an activating group) is 1. The van der Waals surface area contributed by atoms with Gasteiger partial charge in [-0.1, -0.05) is 18.2 Å². The molecule has 1 saturated heterocycles. The summed E-state index contributed by atoms with van der Waals surface area (Å²) in [5.41, 5.74) is 7.27. The summed E-state index contributed by atoms with van der Waals surface area (Å²) in [6.07, 6.45) is 1.28. The van der Waals surface area contributed by atoms with Gasteiger partial charge in [-0.05, 0) is 26.3 Å². The van der Waals surface area contributed by atoms with Gasteiger partial charge in [0, 0.05) is 24.6 Å². The number of ether oxygens (including phenoxy) is 1. The highest BCUT2D eigenvalue weighted by Gasteiger charge is 2.35. The Morgan fingerprint density at radius 3 is 2.79 bits per heavy atom. The van der Waals surface area contributed by atoms with Crippen LogP contribution in [0, 0.1) is 0 Å². The van der Waals surface area contributed by atoms with E-state index < -0.39 is 0 Å². The van der Waals surface area contributed by atoms with Gasteiger partial charge in [0.25, 0.3) is 0 Å². The van der Waals surface area contributed by atoms with E-state index in [-0.39, 0.29) is 18.0 Å². The van der Waals surface area contributed by atoms with Crippen LogP contribution in [-0.2, 0) is 4.79 Å². The number of hydrogen-bond donors (Lipinski definition) is 1. The van der Waals surface area contributed by atoms with Gasteiger partial charge >= 0.3 is 0 Å². The fourth-order valence-electron chi connectivity index (χ4n) is 2.76. The molecule has 1 aromatic rings. The van der Waals surface area contributed by atoms with Crippen molar-refractivity contribution in [2.75, 3.05) is 13.2 Å². The number of carbonyl (C=O) groups is 1. The molecule has 0 bridgehead atoms. The fourth-order valence-corrected chi connectivity index (χ4v) is 2.76. The molecular formula is C15H22N2O2. The number of likely N-dealkylation sites (tertiary alicyclic amines) is 1. The van der Waals surface area contributed by atoms with Gasteiger partial charge in [0.1, 0.15) is 5.75 Å². The molecule has 1 aliphatic rings. The highest BCUT2D eigenvalue weighted by atomic mass is 16.5. The maximum atomic E-state index is 12.1. The molecule has 0 spiro atoms. The van der Waals surface area contributed by atoms with E-state index in [1.807, 2.05) is 43.0 Å². The minimum atomic E-state index is -0.0750. The van der Waals surface area contributed by atoms with Crippen LogP contribution in [-0.4, -0.2) is 30.0 Å². The maximum absolute atomic E-state index is 12.1. The second-order valence-corrected chi connectivity index (χ2v) is 4.80. The number of rotatable bonds is 4. The number of piperidine rings is 1. The summed E-state index contributed by atoms with van der Waals surface area (Å²) < 4.78 is 5.67. The first-order chi connectivity index (χ1) is 9.19. The molecule has 0 aromatic heterocycles. The molecule has 2 atom stereocenters. The Hall–Kier alpha value is -1.55. The van der Waals surface area contributed by atoms with E-state index in [1.165, 1.54) is 0 Å². The first-order valence-electron chi connectivity index (χ1n) is 6.95. The standard InChI is InChI=1S/C15H22N2O2/c1-3-17-14(18)10-9-12(16)15(17)11-7-5-6-8-13(11)19-4-2/h5-8,12,15H,3-4,9-10,16H2,1-2H3. The van der Waals surface area contributed by atoms with Crippen LogP contribution >= 0.6 is 0 Å². The highest BCUT2D eigenvalue weighted by molar-refractivity contribution is 5.78. The van der Waals surface area contributed by atoms with E-state index in [0.717, 1.165) is 17.7 Å². The van der Waals surface area contributed by atoms with E-state index in [0.29, 0.717) is 19.6 Å². The molecule has 1 amide bonds. The topological polar surface area (TPSA) is 55.6 Å². The first kappa shape index (κ1) is 13.9. The largest absolute Gasteiger partial charge is 0.494 e. The van der Waals surface area contributed by atoms with Crippen LogP contribution in [0.25, 0.3) is 0 Å². The van der Waals surface area contributed by atoms with Crippen LogP contribution in [0.5, 0.6) is 5.75 Å². The minimum Gasteiger partial charge on any atom is -0.494 e. The van der Waals surface area contributed by atoms with Gasteiger partial charge < -0.3 is 15.4 Å². The summed E-state index contributed by atoms with van der Waals surface area (Å²) in [4.78, 5) is 13.9. The van der Waals surface area contributed by atoms with E-state index in [9.17, 15) is 4.79 Å². The molecule has 4 nitrogen and oxygen atoms in total. The Kier molecular flexibility index (Phi) is 4.43. The lowest BCUT2D eigenvalue weighted by Crippen LogP contribution is -2.48. The quantitative estimate of drug-likeness (QED) is 0.904. The number of benzene rings is 1. The Balaban J connectivity index is 2.39. The summed E-state index contributed by atoms with van der Waals surface area (Å²) >= 11 is 0. The zero-order valence-corrected chi connectivity index (χ0v) is 11.6. The second kappa shape index (κ2) is 6.06. The van der Waals surface area contributed by atoms with Gasteiger partial charge in [-0.2, -0.15) is 0 Å². The lowest BCUT2D eigenvalue weighted by atomic mass is 9.90. The summed E-state index contributed by atoms with van der Waals surface area (Å²) in [7, 11) is 0. The van der Waals surface area contributed by atoms with E-state index in [4.69, 9.17) is 10.5 Å². The van der Waals surface area contributed by atoms with Gasteiger partial charge in [0.2, 0.25) is 5.91 Å². The molecule has 0 aliphatic carbocycles. The van der Waals surface area contributed by atoms with Crippen LogP contribution in [0.1, 0.15) is 38.3 Å². The van der Waals surface area contributed by atoms with Crippen molar-refractivity contribution in [3.8, 4) is 5.75 Å². The Morgan fingerprint density at radius 1 is 1.37 bits per heavy atom. The smallest absolute Gasteiger partial charge is 0.223 e. The molecule has 2 N–H and O–H groups in total. The fraction of sp³-hybridized carbons (Fsp3) is 0.533. The third kappa shape index (κ3) is 2.73. The third-order valence-corrected chi connectivity index (χ3v) is 3.63. The van der Waals surface area contributed by atoms with Crippen LogP contribution in [0.4, 0.5) is 0 Å². The van der Waals surface area contributed by atoms with Crippen LogP contribution in [0.2, 0.25) is 0 Å². The van der Waals surface area contributed by atoms with Crippen molar-refractivity contribution in [2.45, 2.75) is 38.8 Å². The molecule has 1 heterocycles. The second-order valence-electron chi connectivity index (χ2n) is 4.80. The predicted octanol–water partition coefficient (Wildman–Crippen LogP) is 2.10. The molecule has 1 aromatic carbocycles. The molecule has 2 rings (SSSR count). The molecular weight excluding hydrogens is 240 g/mol. The zero-order chi connectivity index (χ0) is 13.8. The number of nitrogens with zero attached hydrogens (tertiary/aromatic N) is 1. The van der Waals surface area contributed by atoms with Crippen molar-refractivity contribution < 1.29 is 9.53 Å². The van der Waals surface area contributed by atoms with E-state index in [2.05, 4.69) is 0 Å². The van der Waals surface area contributed by atoms with Gasteiger partial charge in [-0.15, -0.1) is 0 Å². The van der Waals surface area contributed by atoms with Crippen LogP contribution in [0.15, 0.2) is 24.3 Å². The molecule has 1 fully saturated rings. The van der Waals surface area contributed by atoms with Gasteiger partial charge in [0.05, 0.1) is 12.6 Å². The van der Waals surface area contributed by atoms with Gasteiger partial charge in [0.15, 0.2) is 0 Å². The van der Waals surface area contributed by atoms with Crippen molar-refractivity contribution in [1.29, 1.82) is 0 Å². The van der Waals surface area contributed by atoms with E-state index >= 15 is 0 Å². The molecule has 1 aliphatic heterocycles. The van der Waals surface area contributed by atoms with Crippen molar-refractivity contribution in [3.63, 3.8) is 0 Å². The molecule has 2 unspecified atom stereocenters. The lowest BCUT2D eigenvalue weighted by molar-refractivity contribution is -0.137. The zero-order valence-electron chi connectivity index (χ0n) is 11.6. The number of carbonyl (C=O) groups excluding carboxylic acids is 1. The summed E-state index contributed by atoms with van der Waals surface area (Å²) in [6.45, 7) is 5.24. The summed E-state index contributed by atoms with van der Waals surface area (Å²) in [5.74, 6) is 1.01. The minimum absolute atomic E-state index is 0.0285. The Labute approximate surface area is 114 Å². The molecule has 104 valence electrons. The highest BCUT2D eigenvalue weighted by Crippen LogP contribution is 2.35. The third-order valence-electron chi connectivity index (χ3n) is 3.63. The predicted molar refractivity (Wildman–Crippen MR) is 74.9 cm³/mol. The number of nitrogens with two attached hydrogens (primary N) is 1. The number of hydrogen-bond acceptors (Lipinski definition) is 3. The molecule has 4 heteroatoms. The van der Waals surface area contributed by atoms with E-state index in [1.54, 1.807) is 0 Å². The lowest BCUT2D eigenvalue weighted by Gasteiger charge is -2.39. The summed E-state index contributed by atoms with van der Waals surface area (Å²) in [5, 5.41) is 0. The molecule has 0 radical (unpaired) electrons. The number of para-hydroxylation sites is 1. The SMILES string of the molecule is CCOc1ccccc1C1C(N)CCC(=O)N1CC. The maximum Gasteiger partial charge on any atom is 0.223 e. The van der Waals surface area contributed by atoms with Crippen LogP contribution in [0.3, 0.4) is 0 Å². The van der Waals surface area contributed by atoms with Crippen molar-refractivity contribution in [3.05, 3.63) is 29.8 Å². The molecule has 19 heavy (non-hydrogen) atoms. The molecule has 0 saturated carbocycles. The average molecular weight is 262 g/mol. The van der Waals surface area contributed by atoms with Gasteiger partial charge in [-0.25, -0.2) is 0 Å². The van der Waals surface area contributed by atoms with Crippen molar-refractivity contribution in [1.82, 2.24) is 4.90 Å². The average Bonchev–Trinajstić information content (AvgIpc) is 2.42. The summed E-state index contributed by atoms with van der Waals surface area (Å²) in [6, 6.07) is 7.77. The van der Waals surface area contributed by atoms with Crippen molar-refractivity contribution in [2.24, 2.45) is 5.73 Å².